The van der Waals surface area contributed by atoms with Gasteiger partial charge in [0.1, 0.15) is 18.2 Å². The Balaban J connectivity index is 2.13. The van der Waals surface area contributed by atoms with E-state index in [0.29, 0.717) is 20.8 Å². The van der Waals surface area contributed by atoms with Gasteiger partial charge in [0.25, 0.3) is 0 Å². The standard InChI is InChI=1S/C14H11BrClFO/c1-9-2-5-12(16)14(6-9)18-8-10-3-4-11(15)7-13(10)17/h2-7H,8H2,1H3. The summed E-state index contributed by atoms with van der Waals surface area (Å²) in [4.78, 5) is 0. The molecule has 0 saturated carbocycles. The zero-order valence-electron chi connectivity index (χ0n) is 9.71. The molecule has 0 fully saturated rings. The molecule has 0 aromatic heterocycles. The van der Waals surface area contributed by atoms with Gasteiger partial charge in [0.2, 0.25) is 0 Å². The van der Waals surface area contributed by atoms with Crippen LogP contribution in [-0.4, -0.2) is 0 Å². The lowest BCUT2D eigenvalue weighted by Gasteiger charge is -2.09. The summed E-state index contributed by atoms with van der Waals surface area (Å²) in [5.74, 6) is 0.270. The van der Waals surface area contributed by atoms with Gasteiger partial charge in [-0.25, -0.2) is 4.39 Å². The van der Waals surface area contributed by atoms with Crippen molar-refractivity contribution in [2.45, 2.75) is 13.5 Å². The highest BCUT2D eigenvalue weighted by Gasteiger charge is 2.06. The van der Waals surface area contributed by atoms with Crippen molar-refractivity contribution in [3.8, 4) is 5.75 Å². The predicted octanol–water partition coefficient (Wildman–Crippen LogP) is 5.13. The van der Waals surface area contributed by atoms with Crippen LogP contribution in [-0.2, 0) is 6.61 Å². The van der Waals surface area contributed by atoms with Crippen LogP contribution >= 0.6 is 27.5 Å². The summed E-state index contributed by atoms with van der Waals surface area (Å²) in [6.45, 7) is 2.10. The molecule has 0 bridgehead atoms. The third kappa shape index (κ3) is 3.24. The van der Waals surface area contributed by atoms with Crippen molar-refractivity contribution in [2.75, 3.05) is 0 Å². The number of halogens is 3. The molecule has 0 aliphatic carbocycles. The third-order valence-corrected chi connectivity index (χ3v) is 3.29. The summed E-state index contributed by atoms with van der Waals surface area (Å²) >= 11 is 9.21. The van der Waals surface area contributed by atoms with Crippen molar-refractivity contribution >= 4 is 27.5 Å². The highest BCUT2D eigenvalue weighted by atomic mass is 79.9. The minimum absolute atomic E-state index is 0.155. The quantitative estimate of drug-likeness (QED) is 0.758. The summed E-state index contributed by atoms with van der Waals surface area (Å²) < 4.78 is 19.8. The maximum atomic E-state index is 13.6. The Morgan fingerprint density at radius 2 is 2.00 bits per heavy atom. The van der Waals surface area contributed by atoms with Crippen molar-refractivity contribution in [3.63, 3.8) is 0 Å². The highest BCUT2D eigenvalue weighted by molar-refractivity contribution is 9.10. The average Bonchev–Trinajstić information content (AvgIpc) is 2.32. The first-order valence-corrected chi connectivity index (χ1v) is 6.56. The second-order valence-electron chi connectivity index (χ2n) is 3.96. The zero-order chi connectivity index (χ0) is 13.1. The highest BCUT2D eigenvalue weighted by Crippen LogP contribution is 2.26. The third-order valence-electron chi connectivity index (χ3n) is 2.48. The summed E-state index contributed by atoms with van der Waals surface area (Å²) in [5.41, 5.74) is 1.54. The molecule has 2 rings (SSSR count). The first-order valence-electron chi connectivity index (χ1n) is 5.39. The summed E-state index contributed by atoms with van der Waals surface area (Å²) in [6.07, 6.45) is 0. The molecule has 2 aromatic carbocycles. The van der Waals surface area contributed by atoms with E-state index in [0.717, 1.165) is 5.56 Å². The molecule has 0 spiro atoms. The van der Waals surface area contributed by atoms with Gasteiger partial charge >= 0.3 is 0 Å². The largest absolute Gasteiger partial charge is 0.487 e. The molecule has 0 saturated heterocycles. The number of aryl methyl sites for hydroxylation is 1. The van der Waals surface area contributed by atoms with Gasteiger partial charge < -0.3 is 4.74 Å². The maximum absolute atomic E-state index is 13.6. The van der Waals surface area contributed by atoms with Crippen LogP contribution in [0.2, 0.25) is 5.02 Å². The minimum atomic E-state index is -0.298. The van der Waals surface area contributed by atoms with Crippen LogP contribution in [0.1, 0.15) is 11.1 Å². The molecule has 2 aromatic rings. The van der Waals surface area contributed by atoms with E-state index in [2.05, 4.69) is 15.9 Å². The van der Waals surface area contributed by atoms with Crippen molar-refractivity contribution in [1.29, 1.82) is 0 Å². The fourth-order valence-corrected chi connectivity index (χ4v) is 2.02. The van der Waals surface area contributed by atoms with Crippen LogP contribution in [0.5, 0.6) is 5.75 Å². The lowest BCUT2D eigenvalue weighted by Crippen LogP contribution is -1.99. The smallest absolute Gasteiger partial charge is 0.138 e. The molecule has 0 heterocycles. The second-order valence-corrected chi connectivity index (χ2v) is 5.28. The minimum Gasteiger partial charge on any atom is -0.487 e. The van der Waals surface area contributed by atoms with E-state index < -0.39 is 0 Å². The Kier molecular flexibility index (Phi) is 4.25. The molecule has 0 radical (unpaired) electrons. The molecular formula is C14H11BrClFO. The molecule has 18 heavy (non-hydrogen) atoms. The van der Waals surface area contributed by atoms with Crippen molar-refractivity contribution in [1.82, 2.24) is 0 Å². The monoisotopic (exact) mass is 328 g/mol. The van der Waals surface area contributed by atoms with Crippen LogP contribution in [0.3, 0.4) is 0 Å². The zero-order valence-corrected chi connectivity index (χ0v) is 12.1. The topological polar surface area (TPSA) is 9.23 Å². The Morgan fingerprint density at radius 1 is 1.22 bits per heavy atom. The molecule has 0 N–H and O–H groups in total. The number of hydrogen-bond acceptors (Lipinski definition) is 1. The molecular weight excluding hydrogens is 319 g/mol. The van der Waals surface area contributed by atoms with E-state index >= 15 is 0 Å². The second kappa shape index (κ2) is 5.72. The van der Waals surface area contributed by atoms with E-state index in [9.17, 15) is 4.39 Å². The van der Waals surface area contributed by atoms with Crippen LogP contribution in [0.15, 0.2) is 40.9 Å². The maximum Gasteiger partial charge on any atom is 0.138 e. The lowest BCUT2D eigenvalue weighted by molar-refractivity contribution is 0.300. The fourth-order valence-electron chi connectivity index (χ4n) is 1.52. The van der Waals surface area contributed by atoms with Gasteiger partial charge in [-0.05, 0) is 36.8 Å². The van der Waals surface area contributed by atoms with Crippen LogP contribution in [0, 0.1) is 12.7 Å². The number of hydrogen-bond donors (Lipinski definition) is 0. The molecule has 1 nitrogen and oxygen atoms in total. The van der Waals surface area contributed by atoms with Crippen LogP contribution < -0.4 is 4.74 Å². The average molecular weight is 330 g/mol. The van der Waals surface area contributed by atoms with Gasteiger partial charge in [-0.1, -0.05) is 39.7 Å². The SMILES string of the molecule is Cc1ccc(Cl)c(OCc2ccc(Br)cc2F)c1. The fraction of sp³-hybridized carbons (Fsp3) is 0.143. The van der Waals surface area contributed by atoms with Gasteiger partial charge in [0.05, 0.1) is 5.02 Å². The van der Waals surface area contributed by atoms with Crippen LogP contribution in [0.4, 0.5) is 4.39 Å². The molecule has 0 unspecified atom stereocenters. The van der Waals surface area contributed by atoms with Gasteiger partial charge in [0, 0.05) is 10.0 Å². The van der Waals surface area contributed by atoms with Crippen LogP contribution in [0.25, 0.3) is 0 Å². The lowest BCUT2D eigenvalue weighted by atomic mass is 10.2. The van der Waals surface area contributed by atoms with Gasteiger partial charge in [0.15, 0.2) is 0 Å². The van der Waals surface area contributed by atoms with E-state index in [1.807, 2.05) is 19.1 Å². The Bertz CT molecular complexity index is 572. The predicted molar refractivity (Wildman–Crippen MR) is 74.6 cm³/mol. The van der Waals surface area contributed by atoms with Gasteiger partial charge in [-0.3, -0.25) is 0 Å². The molecule has 0 amide bonds. The van der Waals surface area contributed by atoms with E-state index in [4.69, 9.17) is 16.3 Å². The van der Waals surface area contributed by atoms with Gasteiger partial charge in [-0.15, -0.1) is 0 Å². The van der Waals surface area contributed by atoms with E-state index in [1.54, 1.807) is 18.2 Å². The van der Waals surface area contributed by atoms with E-state index in [1.165, 1.54) is 6.07 Å². The number of rotatable bonds is 3. The van der Waals surface area contributed by atoms with E-state index in [-0.39, 0.29) is 12.4 Å². The first kappa shape index (κ1) is 13.4. The van der Waals surface area contributed by atoms with Crippen molar-refractivity contribution in [2.24, 2.45) is 0 Å². The molecule has 94 valence electrons. The van der Waals surface area contributed by atoms with Gasteiger partial charge in [-0.2, -0.15) is 0 Å². The Labute approximate surface area is 119 Å². The molecule has 0 aliphatic heterocycles. The summed E-state index contributed by atoms with van der Waals surface area (Å²) in [7, 11) is 0. The molecule has 4 heteroatoms. The summed E-state index contributed by atoms with van der Waals surface area (Å²) in [6, 6.07) is 10.4. The normalized spacial score (nSPS) is 10.4. The number of benzene rings is 2. The molecule has 0 aliphatic rings. The first-order chi connectivity index (χ1) is 8.56. The molecule has 0 atom stereocenters. The summed E-state index contributed by atoms with van der Waals surface area (Å²) in [5, 5.41) is 0.526. The van der Waals surface area contributed by atoms with Crippen molar-refractivity contribution in [3.05, 3.63) is 62.8 Å². The Hall–Kier alpha value is -1.06. The Morgan fingerprint density at radius 3 is 2.72 bits per heavy atom. The number of ether oxygens (including phenoxy) is 1. The van der Waals surface area contributed by atoms with Crippen molar-refractivity contribution < 1.29 is 9.13 Å².